The van der Waals surface area contributed by atoms with Crippen molar-refractivity contribution in [3.05, 3.63) is 29.3 Å². The topological polar surface area (TPSA) is 37.3 Å². The van der Waals surface area contributed by atoms with E-state index >= 15 is 0 Å². The predicted octanol–water partition coefficient (Wildman–Crippen LogP) is 2.87. The van der Waals surface area contributed by atoms with Gasteiger partial charge in [0.15, 0.2) is 11.1 Å². The Morgan fingerprint density at radius 1 is 1.12 bits per heavy atom. The Morgan fingerprint density at radius 2 is 1.69 bits per heavy atom. The first-order valence-corrected chi connectivity index (χ1v) is 6.28. The fourth-order valence-corrected chi connectivity index (χ4v) is 2.28. The zero-order valence-corrected chi connectivity index (χ0v) is 10.5. The van der Waals surface area contributed by atoms with Crippen LogP contribution in [0, 0.1) is 0 Å². The second kappa shape index (κ2) is 7.41. The molecule has 1 atom stereocenters. The van der Waals surface area contributed by atoms with E-state index in [-0.39, 0.29) is 57.3 Å². The maximum absolute atomic E-state index is 11.2. The molecule has 0 aliphatic carbocycles. The van der Waals surface area contributed by atoms with E-state index in [4.69, 9.17) is 0 Å². The monoisotopic (exact) mass is 266 g/mol. The van der Waals surface area contributed by atoms with Crippen LogP contribution >= 0.6 is 0 Å². The third kappa shape index (κ3) is 4.33. The van der Waals surface area contributed by atoms with Crippen LogP contribution in [0.4, 0.5) is 0 Å². The molecule has 0 amide bonds. The molecule has 0 saturated carbocycles. The predicted molar refractivity (Wildman–Crippen MR) is 70.8 cm³/mol. The van der Waals surface area contributed by atoms with E-state index in [1.807, 2.05) is 32.0 Å². The number of hydrogen-bond donors (Lipinski definition) is 1. The number of rotatable bonds is 3. The van der Waals surface area contributed by atoms with Gasteiger partial charge in [0.1, 0.15) is 0 Å². The van der Waals surface area contributed by atoms with Crippen LogP contribution in [0.15, 0.2) is 23.1 Å². The summed E-state index contributed by atoms with van der Waals surface area (Å²) in [6, 6.07) is 5.84. The van der Waals surface area contributed by atoms with Crippen molar-refractivity contribution >= 4 is 62.5 Å². The molecule has 2 nitrogen and oxygen atoms in total. The Balaban J connectivity index is 0.00000225. The van der Waals surface area contributed by atoms with Crippen LogP contribution < -0.4 is 0 Å². The van der Waals surface area contributed by atoms with Crippen LogP contribution in [0.5, 0.6) is 0 Å². The molecule has 1 aromatic carbocycles. The van der Waals surface area contributed by atoms with Gasteiger partial charge in [0.2, 0.25) is 0 Å². The molecule has 86 valence electrons. The molecule has 1 aromatic rings. The van der Waals surface area contributed by atoms with Crippen molar-refractivity contribution in [2.45, 2.75) is 44.4 Å². The molecule has 1 unspecified atom stereocenters. The zero-order chi connectivity index (χ0) is 11.6. The van der Waals surface area contributed by atoms with Crippen molar-refractivity contribution < 1.29 is 8.76 Å². The Bertz CT molecular complexity index is 375. The Hall–Kier alpha value is 0.966. The fraction of sp³-hybridized carbons (Fsp3) is 0.500. The molecular weight excluding hydrogens is 247 g/mol. The summed E-state index contributed by atoms with van der Waals surface area (Å²) < 4.78 is 20.4. The van der Waals surface area contributed by atoms with Crippen LogP contribution in [-0.2, 0) is 11.1 Å². The van der Waals surface area contributed by atoms with Crippen molar-refractivity contribution in [3.63, 3.8) is 0 Å². The minimum atomic E-state index is -1.89. The molecule has 0 radical (unpaired) electrons. The third-order valence-corrected chi connectivity index (χ3v) is 3.24. The average molecular weight is 266 g/mol. The molecule has 0 aliphatic heterocycles. The molecule has 1 N–H and O–H groups in total. The summed E-state index contributed by atoms with van der Waals surface area (Å²) in [7, 11) is 0. The molecule has 0 saturated heterocycles. The quantitative estimate of drug-likeness (QED) is 0.675. The van der Waals surface area contributed by atoms with Gasteiger partial charge in [-0.2, -0.15) is 0 Å². The van der Waals surface area contributed by atoms with Crippen molar-refractivity contribution in [1.29, 1.82) is 0 Å². The van der Waals surface area contributed by atoms with E-state index in [9.17, 15) is 8.76 Å². The second-order valence-electron chi connectivity index (χ2n) is 4.36. The standard InChI is InChI=1S/C12H18O2S.K.H/c1-8(2)10-5-6-11(9(3)4)12(7-10)15(13)14;;/h5-9H,1-4H3,(H,13,14);;. The SMILES string of the molecule is CC(C)c1ccc(C(C)C)c(S(=O)O)c1.[KH]. The molecule has 0 aromatic heterocycles. The Morgan fingerprint density at radius 3 is 2.06 bits per heavy atom. The third-order valence-electron chi connectivity index (χ3n) is 2.51. The first-order chi connectivity index (χ1) is 6.93. The van der Waals surface area contributed by atoms with E-state index in [2.05, 4.69) is 13.8 Å². The van der Waals surface area contributed by atoms with Crippen LogP contribution in [0.2, 0.25) is 0 Å². The normalized spacial score (nSPS) is 12.7. The van der Waals surface area contributed by atoms with Crippen LogP contribution in [0.3, 0.4) is 0 Å². The molecule has 0 bridgehead atoms. The van der Waals surface area contributed by atoms with Crippen LogP contribution in [0.25, 0.3) is 0 Å². The fourth-order valence-electron chi connectivity index (χ4n) is 1.54. The van der Waals surface area contributed by atoms with Gasteiger partial charge in [-0.1, -0.05) is 39.8 Å². The van der Waals surface area contributed by atoms with E-state index in [1.165, 1.54) is 0 Å². The maximum atomic E-state index is 11.2. The van der Waals surface area contributed by atoms with Gasteiger partial charge in [-0.15, -0.1) is 0 Å². The Kier molecular flexibility index (Phi) is 7.86. The molecule has 4 heteroatoms. The van der Waals surface area contributed by atoms with E-state index in [0.717, 1.165) is 11.1 Å². The van der Waals surface area contributed by atoms with Gasteiger partial charge >= 0.3 is 51.4 Å². The summed E-state index contributed by atoms with van der Waals surface area (Å²) in [4.78, 5) is 0.552. The summed E-state index contributed by atoms with van der Waals surface area (Å²) in [5.41, 5.74) is 2.07. The van der Waals surface area contributed by atoms with Crippen molar-refractivity contribution in [2.75, 3.05) is 0 Å². The summed E-state index contributed by atoms with van der Waals surface area (Å²) in [6.45, 7) is 8.21. The average Bonchev–Trinajstić information content (AvgIpc) is 2.16. The van der Waals surface area contributed by atoms with Gasteiger partial charge in [-0.3, -0.25) is 0 Å². The van der Waals surface area contributed by atoms with E-state index in [1.54, 1.807) is 0 Å². The molecular formula is C12H19KO2S. The Labute approximate surface area is 143 Å². The molecule has 0 heterocycles. The van der Waals surface area contributed by atoms with Crippen LogP contribution in [-0.4, -0.2) is 60.1 Å². The summed E-state index contributed by atoms with van der Waals surface area (Å²) in [5, 5.41) is 0. The van der Waals surface area contributed by atoms with Gasteiger partial charge in [0.25, 0.3) is 0 Å². The molecule has 0 spiro atoms. The first-order valence-electron chi connectivity index (χ1n) is 5.18. The van der Waals surface area contributed by atoms with E-state index < -0.39 is 11.1 Å². The second-order valence-corrected chi connectivity index (χ2v) is 5.29. The van der Waals surface area contributed by atoms with Gasteiger partial charge in [-0.05, 0) is 29.0 Å². The molecule has 1 rings (SSSR count). The van der Waals surface area contributed by atoms with Crippen LogP contribution in [0.1, 0.15) is 50.7 Å². The number of hydrogen-bond acceptors (Lipinski definition) is 1. The van der Waals surface area contributed by atoms with E-state index in [0.29, 0.717) is 10.8 Å². The first kappa shape index (κ1) is 17.0. The summed E-state index contributed by atoms with van der Waals surface area (Å²) in [6.07, 6.45) is 0. The van der Waals surface area contributed by atoms with Gasteiger partial charge in [0, 0.05) is 0 Å². The minimum absolute atomic E-state index is 0. The van der Waals surface area contributed by atoms with Crippen molar-refractivity contribution in [2.24, 2.45) is 0 Å². The van der Waals surface area contributed by atoms with Gasteiger partial charge < -0.3 is 4.55 Å². The van der Waals surface area contributed by atoms with Crippen molar-refractivity contribution in [3.8, 4) is 0 Å². The summed E-state index contributed by atoms with van der Waals surface area (Å²) in [5.74, 6) is 0.658. The molecule has 0 fully saturated rings. The molecule has 16 heavy (non-hydrogen) atoms. The van der Waals surface area contributed by atoms with Gasteiger partial charge in [-0.25, -0.2) is 4.21 Å². The zero-order valence-electron chi connectivity index (χ0n) is 9.65. The van der Waals surface area contributed by atoms with Crippen molar-refractivity contribution in [1.82, 2.24) is 0 Å². The summed E-state index contributed by atoms with van der Waals surface area (Å²) >= 11 is -1.89. The number of benzene rings is 1. The van der Waals surface area contributed by atoms with Gasteiger partial charge in [0.05, 0.1) is 4.90 Å². The molecule has 0 aliphatic rings.